The topological polar surface area (TPSA) is 0 Å². The molecule has 0 aliphatic carbocycles. The molecule has 0 fully saturated rings. The van der Waals surface area contributed by atoms with E-state index in [2.05, 4.69) is 11.8 Å². The van der Waals surface area contributed by atoms with Crippen LogP contribution >= 0.6 is 46.4 Å². The van der Waals surface area contributed by atoms with Gasteiger partial charge in [-0.2, -0.15) is 0 Å². The van der Waals surface area contributed by atoms with Gasteiger partial charge in [0.2, 0.25) is 0 Å². The molecule has 0 radical (unpaired) electrons. The van der Waals surface area contributed by atoms with Crippen molar-refractivity contribution in [3.8, 4) is 11.8 Å². The van der Waals surface area contributed by atoms with Crippen LogP contribution in [0.3, 0.4) is 0 Å². The van der Waals surface area contributed by atoms with E-state index in [4.69, 9.17) is 46.4 Å². The van der Waals surface area contributed by atoms with E-state index in [1.165, 1.54) is 0 Å². The molecule has 0 amide bonds. The smallest absolute Gasteiger partial charge is 0.0619 e. The molecule has 0 nitrogen and oxygen atoms in total. The fourth-order valence-electron chi connectivity index (χ4n) is 0.860. The molecule has 1 aromatic rings. The Morgan fingerprint density at radius 1 is 1.07 bits per heavy atom. The van der Waals surface area contributed by atoms with Crippen LogP contribution in [0.1, 0.15) is 12.0 Å². The van der Waals surface area contributed by atoms with E-state index in [0.29, 0.717) is 32.9 Å². The molecule has 14 heavy (non-hydrogen) atoms. The summed E-state index contributed by atoms with van der Waals surface area (Å²) < 4.78 is 0. The third kappa shape index (κ3) is 3.26. The second-order valence-corrected chi connectivity index (χ2v) is 4.11. The van der Waals surface area contributed by atoms with Crippen LogP contribution in [-0.2, 0) is 0 Å². The van der Waals surface area contributed by atoms with Gasteiger partial charge in [0.1, 0.15) is 0 Å². The van der Waals surface area contributed by atoms with Crippen molar-refractivity contribution in [2.75, 3.05) is 5.88 Å². The number of benzene rings is 1. The Hall–Kier alpha value is -0.0600. The van der Waals surface area contributed by atoms with Crippen LogP contribution in [0.15, 0.2) is 12.1 Å². The van der Waals surface area contributed by atoms with Crippen LogP contribution in [-0.4, -0.2) is 5.88 Å². The van der Waals surface area contributed by atoms with E-state index in [0.717, 1.165) is 0 Å². The van der Waals surface area contributed by atoms with Gasteiger partial charge in [-0.1, -0.05) is 46.6 Å². The Kier molecular flexibility index (Phi) is 4.92. The second-order valence-electron chi connectivity index (χ2n) is 2.49. The highest BCUT2D eigenvalue weighted by molar-refractivity contribution is 6.39. The quantitative estimate of drug-likeness (QED) is 0.514. The summed E-state index contributed by atoms with van der Waals surface area (Å²) >= 11 is 23.0. The molecule has 0 N–H and O–H groups in total. The largest absolute Gasteiger partial charge is 0.126 e. The van der Waals surface area contributed by atoms with E-state index in [-0.39, 0.29) is 0 Å². The summed E-state index contributed by atoms with van der Waals surface area (Å²) in [7, 11) is 0. The predicted molar refractivity (Wildman–Crippen MR) is 63.7 cm³/mol. The first-order chi connectivity index (χ1) is 6.65. The number of alkyl halides is 1. The van der Waals surface area contributed by atoms with Gasteiger partial charge in [0.15, 0.2) is 0 Å². The molecule has 0 saturated carbocycles. The Balaban J connectivity index is 3.04. The Labute approximate surface area is 103 Å². The number of halogens is 4. The molecule has 0 aromatic heterocycles. The summed E-state index contributed by atoms with van der Waals surface area (Å²) in [5.74, 6) is 6.21. The number of hydrogen-bond donors (Lipinski definition) is 0. The maximum absolute atomic E-state index is 5.91. The summed E-state index contributed by atoms with van der Waals surface area (Å²) in [5, 5.41) is 1.43. The molecule has 0 atom stereocenters. The lowest BCUT2D eigenvalue weighted by atomic mass is 10.2. The Morgan fingerprint density at radius 2 is 1.64 bits per heavy atom. The standard InChI is InChI=1S/C10H6Cl4/c11-4-2-1-3-8-9(13)5-7(12)6-10(8)14/h5-6H,2,4H2. The minimum absolute atomic E-state index is 0.463. The molecule has 0 bridgehead atoms. The zero-order chi connectivity index (χ0) is 10.6. The van der Waals surface area contributed by atoms with Gasteiger partial charge in [0, 0.05) is 17.3 Å². The second kappa shape index (κ2) is 5.73. The molecule has 0 saturated heterocycles. The maximum Gasteiger partial charge on any atom is 0.0619 e. The van der Waals surface area contributed by atoms with Crippen LogP contribution < -0.4 is 0 Å². The molecule has 0 heterocycles. The van der Waals surface area contributed by atoms with Gasteiger partial charge >= 0.3 is 0 Å². The highest BCUT2D eigenvalue weighted by Gasteiger charge is 2.04. The lowest BCUT2D eigenvalue weighted by Crippen LogP contribution is -1.80. The van der Waals surface area contributed by atoms with Crippen molar-refractivity contribution in [2.45, 2.75) is 6.42 Å². The summed E-state index contributed by atoms with van der Waals surface area (Å²) in [6, 6.07) is 3.22. The molecule has 4 heteroatoms. The molecular formula is C10H6Cl4. The predicted octanol–water partition coefficient (Wildman–Crippen LogP) is 4.63. The minimum atomic E-state index is 0.463. The summed E-state index contributed by atoms with van der Waals surface area (Å²) in [6.45, 7) is 0. The maximum atomic E-state index is 5.91. The molecular weight excluding hydrogens is 262 g/mol. The van der Waals surface area contributed by atoms with E-state index in [1.54, 1.807) is 12.1 Å². The van der Waals surface area contributed by atoms with Crippen LogP contribution in [0.2, 0.25) is 15.1 Å². The fourth-order valence-corrected chi connectivity index (χ4v) is 1.87. The normalized spacial score (nSPS) is 9.43. The molecule has 74 valence electrons. The van der Waals surface area contributed by atoms with Gasteiger partial charge in [0.25, 0.3) is 0 Å². The summed E-state index contributed by atoms with van der Waals surface area (Å²) in [5.41, 5.74) is 0.600. The lowest BCUT2D eigenvalue weighted by molar-refractivity contribution is 1.29. The van der Waals surface area contributed by atoms with Crippen molar-refractivity contribution in [1.29, 1.82) is 0 Å². The highest BCUT2D eigenvalue weighted by Crippen LogP contribution is 2.27. The lowest BCUT2D eigenvalue weighted by Gasteiger charge is -1.99. The first-order valence-corrected chi connectivity index (χ1v) is 5.51. The average Bonchev–Trinajstić information content (AvgIpc) is 2.09. The SMILES string of the molecule is ClCCC#Cc1c(Cl)cc(Cl)cc1Cl. The third-order valence-electron chi connectivity index (χ3n) is 1.44. The van der Waals surface area contributed by atoms with Crippen molar-refractivity contribution in [3.63, 3.8) is 0 Å². The van der Waals surface area contributed by atoms with Crippen molar-refractivity contribution in [2.24, 2.45) is 0 Å². The molecule has 1 aromatic carbocycles. The number of hydrogen-bond acceptors (Lipinski definition) is 0. The molecule has 0 aliphatic rings. The first kappa shape index (κ1) is 12.0. The summed E-state index contributed by atoms with van der Waals surface area (Å²) in [4.78, 5) is 0. The van der Waals surface area contributed by atoms with Crippen LogP contribution in [0.4, 0.5) is 0 Å². The highest BCUT2D eigenvalue weighted by atomic mass is 35.5. The average molecular weight is 268 g/mol. The summed E-state index contributed by atoms with van der Waals surface area (Å²) in [6.07, 6.45) is 0.608. The zero-order valence-electron chi connectivity index (χ0n) is 7.08. The van der Waals surface area contributed by atoms with E-state index >= 15 is 0 Å². The zero-order valence-corrected chi connectivity index (χ0v) is 10.1. The van der Waals surface area contributed by atoms with Gasteiger partial charge in [-0.05, 0) is 12.1 Å². The Bertz CT molecular complexity index is 364. The third-order valence-corrected chi connectivity index (χ3v) is 2.44. The van der Waals surface area contributed by atoms with E-state index in [1.807, 2.05) is 0 Å². The molecule has 1 rings (SSSR count). The molecule has 0 spiro atoms. The number of rotatable bonds is 1. The van der Waals surface area contributed by atoms with Gasteiger partial charge in [-0.25, -0.2) is 0 Å². The molecule has 0 aliphatic heterocycles. The minimum Gasteiger partial charge on any atom is -0.126 e. The van der Waals surface area contributed by atoms with Crippen molar-refractivity contribution in [3.05, 3.63) is 32.8 Å². The van der Waals surface area contributed by atoms with Crippen molar-refractivity contribution in [1.82, 2.24) is 0 Å². The first-order valence-electron chi connectivity index (χ1n) is 3.84. The van der Waals surface area contributed by atoms with Crippen molar-refractivity contribution < 1.29 is 0 Å². The molecule has 0 unspecified atom stereocenters. The fraction of sp³-hybridized carbons (Fsp3) is 0.200. The van der Waals surface area contributed by atoms with E-state index in [9.17, 15) is 0 Å². The van der Waals surface area contributed by atoms with E-state index < -0.39 is 0 Å². The van der Waals surface area contributed by atoms with Crippen LogP contribution in [0, 0.1) is 11.8 Å². The monoisotopic (exact) mass is 266 g/mol. The van der Waals surface area contributed by atoms with Gasteiger partial charge in [0.05, 0.1) is 15.6 Å². The van der Waals surface area contributed by atoms with Crippen LogP contribution in [0.5, 0.6) is 0 Å². The van der Waals surface area contributed by atoms with Gasteiger partial charge in [-0.3, -0.25) is 0 Å². The van der Waals surface area contributed by atoms with Gasteiger partial charge in [-0.15, -0.1) is 11.6 Å². The van der Waals surface area contributed by atoms with Gasteiger partial charge < -0.3 is 0 Å². The Morgan fingerprint density at radius 3 is 2.14 bits per heavy atom. The van der Waals surface area contributed by atoms with Crippen molar-refractivity contribution >= 4 is 46.4 Å². The van der Waals surface area contributed by atoms with Crippen LogP contribution in [0.25, 0.3) is 0 Å².